The minimum atomic E-state index is 0.716. The lowest BCUT2D eigenvalue weighted by atomic mass is 10.1. The van der Waals surface area contributed by atoms with Crippen LogP contribution in [0.2, 0.25) is 0 Å². The average molecular weight is 282 g/mol. The zero-order chi connectivity index (χ0) is 14.5. The highest BCUT2D eigenvalue weighted by atomic mass is 15.2. The first kappa shape index (κ1) is 14.0. The highest BCUT2D eigenvalue weighted by molar-refractivity contribution is 5.35. The predicted molar refractivity (Wildman–Crippen MR) is 85.1 cm³/mol. The number of nitrogens with zero attached hydrogens (tertiary/aromatic N) is 4. The van der Waals surface area contributed by atoms with E-state index < -0.39 is 0 Å². The fourth-order valence-electron chi connectivity index (χ4n) is 3.04. The molecule has 0 bridgehead atoms. The normalized spacial score (nSPS) is 18.8. The molecule has 4 heteroatoms. The molecule has 1 aromatic heterocycles. The van der Waals surface area contributed by atoms with Crippen molar-refractivity contribution in [2.45, 2.75) is 13.0 Å². The average Bonchev–Trinajstić information content (AvgIpc) is 2.96. The molecule has 0 spiro atoms. The van der Waals surface area contributed by atoms with E-state index in [2.05, 4.69) is 57.1 Å². The predicted octanol–water partition coefficient (Wildman–Crippen LogP) is 2.43. The van der Waals surface area contributed by atoms with Crippen molar-refractivity contribution in [2.24, 2.45) is 5.92 Å². The molecular weight excluding hydrogens is 260 g/mol. The summed E-state index contributed by atoms with van der Waals surface area (Å²) in [6.07, 6.45) is 4.68. The largest absolute Gasteiger partial charge is 0.359 e. The van der Waals surface area contributed by atoms with E-state index in [-0.39, 0.29) is 0 Å². The van der Waals surface area contributed by atoms with Gasteiger partial charge in [0.25, 0.3) is 0 Å². The van der Waals surface area contributed by atoms with Crippen molar-refractivity contribution in [3.63, 3.8) is 0 Å². The quantitative estimate of drug-likeness (QED) is 0.843. The number of aromatic nitrogens is 2. The monoisotopic (exact) mass is 282 g/mol. The molecule has 1 aromatic carbocycles. The molecule has 1 atom stereocenters. The van der Waals surface area contributed by atoms with Crippen molar-refractivity contribution in [1.82, 2.24) is 14.9 Å². The Morgan fingerprint density at radius 1 is 1.24 bits per heavy atom. The smallest absolute Gasteiger partial charge is 0.131 e. The third kappa shape index (κ3) is 3.79. The minimum absolute atomic E-state index is 0.716. The van der Waals surface area contributed by atoms with Crippen LogP contribution in [0.15, 0.2) is 48.9 Å². The second-order valence-electron chi connectivity index (χ2n) is 5.82. The van der Waals surface area contributed by atoms with Crippen LogP contribution in [-0.4, -0.2) is 41.5 Å². The maximum Gasteiger partial charge on any atom is 0.131 e. The molecule has 0 saturated carbocycles. The Bertz CT molecular complexity index is 543. The summed E-state index contributed by atoms with van der Waals surface area (Å²) in [7, 11) is 2.11. The summed E-state index contributed by atoms with van der Waals surface area (Å²) < 4.78 is 0. The van der Waals surface area contributed by atoms with Gasteiger partial charge in [0.15, 0.2) is 0 Å². The van der Waals surface area contributed by atoms with Crippen molar-refractivity contribution in [3.05, 3.63) is 54.5 Å². The van der Waals surface area contributed by atoms with Crippen LogP contribution in [0.4, 0.5) is 5.82 Å². The van der Waals surface area contributed by atoms with Crippen LogP contribution in [-0.2, 0) is 6.54 Å². The highest BCUT2D eigenvalue weighted by Gasteiger charge is 2.23. The fraction of sp³-hybridized carbons (Fsp3) is 0.412. The number of hydrogen-bond donors (Lipinski definition) is 0. The van der Waals surface area contributed by atoms with E-state index in [0.717, 1.165) is 18.9 Å². The van der Waals surface area contributed by atoms with Gasteiger partial charge in [0, 0.05) is 32.9 Å². The summed E-state index contributed by atoms with van der Waals surface area (Å²) in [5, 5.41) is 0. The lowest BCUT2D eigenvalue weighted by Gasteiger charge is -2.22. The first-order chi connectivity index (χ1) is 10.3. The molecule has 1 fully saturated rings. The van der Waals surface area contributed by atoms with Crippen LogP contribution in [0.25, 0.3) is 0 Å². The molecule has 0 radical (unpaired) electrons. The third-order valence-corrected chi connectivity index (χ3v) is 4.11. The standard InChI is InChI=1S/C17H22N4/c1-20(17-7-9-18-14-19-17)11-16-8-10-21(13-16)12-15-5-3-2-4-6-15/h2-7,9,14,16H,8,10-13H2,1H3/t16-/m1/s1. The van der Waals surface area contributed by atoms with Crippen LogP contribution < -0.4 is 4.90 Å². The van der Waals surface area contributed by atoms with Gasteiger partial charge in [0.2, 0.25) is 0 Å². The number of hydrogen-bond acceptors (Lipinski definition) is 4. The summed E-state index contributed by atoms with van der Waals surface area (Å²) in [6.45, 7) is 4.48. The molecule has 1 aliphatic heterocycles. The fourth-order valence-corrected chi connectivity index (χ4v) is 3.04. The molecule has 4 nitrogen and oxygen atoms in total. The summed E-state index contributed by atoms with van der Waals surface area (Å²) in [6, 6.07) is 12.7. The lowest BCUT2D eigenvalue weighted by molar-refractivity contribution is 0.317. The zero-order valence-corrected chi connectivity index (χ0v) is 12.5. The van der Waals surface area contributed by atoms with Gasteiger partial charge in [-0.2, -0.15) is 0 Å². The summed E-state index contributed by atoms with van der Waals surface area (Å²) >= 11 is 0. The van der Waals surface area contributed by atoms with Gasteiger partial charge in [-0.3, -0.25) is 4.90 Å². The first-order valence-electron chi connectivity index (χ1n) is 7.54. The molecule has 1 aliphatic rings. The highest BCUT2D eigenvalue weighted by Crippen LogP contribution is 2.20. The van der Waals surface area contributed by atoms with Gasteiger partial charge in [-0.15, -0.1) is 0 Å². The number of benzene rings is 1. The van der Waals surface area contributed by atoms with Gasteiger partial charge in [-0.05, 0) is 30.5 Å². The SMILES string of the molecule is CN(C[C@H]1CCN(Cc2ccccc2)C1)c1ccncn1. The molecule has 110 valence electrons. The molecule has 1 saturated heterocycles. The van der Waals surface area contributed by atoms with Gasteiger partial charge in [0.05, 0.1) is 0 Å². The van der Waals surface area contributed by atoms with Crippen molar-refractivity contribution >= 4 is 5.82 Å². The van der Waals surface area contributed by atoms with E-state index in [1.54, 1.807) is 12.5 Å². The van der Waals surface area contributed by atoms with Crippen LogP contribution in [0.5, 0.6) is 0 Å². The van der Waals surface area contributed by atoms with Crippen LogP contribution in [0.3, 0.4) is 0 Å². The van der Waals surface area contributed by atoms with Gasteiger partial charge in [-0.1, -0.05) is 30.3 Å². The molecule has 21 heavy (non-hydrogen) atoms. The molecular formula is C17H22N4. The van der Waals surface area contributed by atoms with Gasteiger partial charge >= 0.3 is 0 Å². The molecule has 0 unspecified atom stereocenters. The van der Waals surface area contributed by atoms with E-state index >= 15 is 0 Å². The van der Waals surface area contributed by atoms with Crippen LogP contribution in [0, 0.1) is 5.92 Å². The van der Waals surface area contributed by atoms with Crippen LogP contribution in [0.1, 0.15) is 12.0 Å². The van der Waals surface area contributed by atoms with Crippen molar-refractivity contribution in [1.29, 1.82) is 0 Å². The second kappa shape index (κ2) is 6.68. The van der Waals surface area contributed by atoms with E-state index in [0.29, 0.717) is 5.92 Å². The Morgan fingerprint density at radius 2 is 2.10 bits per heavy atom. The molecule has 2 heterocycles. The van der Waals surface area contributed by atoms with Gasteiger partial charge < -0.3 is 4.90 Å². The maximum atomic E-state index is 4.31. The first-order valence-corrected chi connectivity index (χ1v) is 7.54. The van der Waals surface area contributed by atoms with E-state index in [1.807, 2.05) is 6.07 Å². The molecule has 3 rings (SSSR count). The maximum absolute atomic E-state index is 4.31. The Balaban J connectivity index is 1.51. The lowest BCUT2D eigenvalue weighted by Crippen LogP contribution is -2.28. The van der Waals surface area contributed by atoms with Crippen LogP contribution >= 0.6 is 0 Å². The van der Waals surface area contributed by atoms with E-state index in [4.69, 9.17) is 0 Å². The molecule has 0 amide bonds. The molecule has 2 aromatic rings. The Hall–Kier alpha value is -1.94. The Labute approximate surface area is 126 Å². The van der Waals surface area contributed by atoms with Crippen molar-refractivity contribution in [3.8, 4) is 0 Å². The van der Waals surface area contributed by atoms with Crippen molar-refractivity contribution < 1.29 is 0 Å². The Morgan fingerprint density at radius 3 is 2.86 bits per heavy atom. The van der Waals surface area contributed by atoms with Gasteiger partial charge in [0.1, 0.15) is 12.1 Å². The second-order valence-corrected chi connectivity index (χ2v) is 5.82. The van der Waals surface area contributed by atoms with Crippen molar-refractivity contribution in [2.75, 3.05) is 31.6 Å². The van der Waals surface area contributed by atoms with Gasteiger partial charge in [-0.25, -0.2) is 9.97 Å². The third-order valence-electron chi connectivity index (χ3n) is 4.11. The number of rotatable bonds is 5. The minimum Gasteiger partial charge on any atom is -0.359 e. The zero-order valence-electron chi connectivity index (χ0n) is 12.5. The Kier molecular flexibility index (Phi) is 4.46. The van der Waals surface area contributed by atoms with E-state index in [1.165, 1.54) is 25.1 Å². The van der Waals surface area contributed by atoms with E-state index in [9.17, 15) is 0 Å². The number of anilines is 1. The summed E-state index contributed by atoms with van der Waals surface area (Å²) in [4.78, 5) is 13.1. The molecule has 0 N–H and O–H groups in total. The summed E-state index contributed by atoms with van der Waals surface area (Å²) in [5.74, 6) is 1.72. The molecule has 0 aliphatic carbocycles. The topological polar surface area (TPSA) is 32.3 Å². The summed E-state index contributed by atoms with van der Waals surface area (Å²) in [5.41, 5.74) is 1.40. The number of likely N-dealkylation sites (tertiary alicyclic amines) is 1.